The van der Waals surface area contributed by atoms with Crippen molar-refractivity contribution in [3.8, 4) is 0 Å². The zero-order chi connectivity index (χ0) is 8.43. The van der Waals surface area contributed by atoms with Gasteiger partial charge in [-0.2, -0.15) is 5.10 Å². The van der Waals surface area contributed by atoms with Crippen LogP contribution in [-0.2, 0) is 6.54 Å². The zero-order valence-electron chi connectivity index (χ0n) is 7.20. The summed E-state index contributed by atoms with van der Waals surface area (Å²) in [7, 11) is 0. The monoisotopic (exact) mass is 154 g/mol. The fourth-order valence-electron chi connectivity index (χ4n) is 1.11. The van der Waals surface area contributed by atoms with E-state index < -0.39 is 0 Å². The Balaban J connectivity index is 2.77. The predicted molar refractivity (Wildman–Crippen MR) is 43.4 cm³/mol. The SMILES string of the molecule is Cc1cc(C)n(C[C@H](C)O)n1. The lowest BCUT2D eigenvalue weighted by molar-refractivity contribution is 0.167. The van der Waals surface area contributed by atoms with Gasteiger partial charge in [0.1, 0.15) is 0 Å². The molecular formula is C8H14N2O. The Hall–Kier alpha value is -0.830. The van der Waals surface area contributed by atoms with Gasteiger partial charge in [-0.25, -0.2) is 0 Å². The lowest BCUT2D eigenvalue weighted by atomic mass is 10.4. The average Bonchev–Trinajstić information content (AvgIpc) is 2.09. The molecule has 1 aromatic heterocycles. The highest BCUT2D eigenvalue weighted by Crippen LogP contribution is 2.02. The first-order valence-electron chi connectivity index (χ1n) is 3.78. The van der Waals surface area contributed by atoms with Crippen LogP contribution in [0.3, 0.4) is 0 Å². The van der Waals surface area contributed by atoms with E-state index in [0.717, 1.165) is 11.4 Å². The van der Waals surface area contributed by atoms with E-state index in [0.29, 0.717) is 6.54 Å². The standard InChI is InChI=1S/C8H14N2O/c1-6-4-7(2)10(9-6)5-8(3)11/h4,8,11H,5H2,1-3H3/t8-/m0/s1. The molecule has 1 rings (SSSR count). The summed E-state index contributed by atoms with van der Waals surface area (Å²) in [5.41, 5.74) is 2.10. The Morgan fingerprint density at radius 2 is 2.27 bits per heavy atom. The van der Waals surface area contributed by atoms with Gasteiger partial charge in [-0.1, -0.05) is 0 Å². The Morgan fingerprint density at radius 3 is 2.64 bits per heavy atom. The summed E-state index contributed by atoms with van der Waals surface area (Å²) >= 11 is 0. The minimum absolute atomic E-state index is 0.326. The molecule has 1 aromatic rings. The number of aliphatic hydroxyl groups excluding tert-OH is 1. The number of aryl methyl sites for hydroxylation is 2. The summed E-state index contributed by atoms with van der Waals surface area (Å²) in [6, 6.07) is 2.00. The van der Waals surface area contributed by atoms with Gasteiger partial charge < -0.3 is 5.11 Å². The van der Waals surface area contributed by atoms with Gasteiger partial charge in [-0.05, 0) is 26.8 Å². The molecule has 0 spiro atoms. The largest absolute Gasteiger partial charge is 0.391 e. The first-order valence-corrected chi connectivity index (χ1v) is 3.78. The molecule has 0 aliphatic rings. The molecule has 0 aliphatic heterocycles. The van der Waals surface area contributed by atoms with Gasteiger partial charge in [-0.3, -0.25) is 4.68 Å². The Kier molecular flexibility index (Phi) is 2.29. The van der Waals surface area contributed by atoms with Crippen LogP contribution in [0.1, 0.15) is 18.3 Å². The second kappa shape index (κ2) is 3.05. The lowest BCUT2D eigenvalue weighted by Crippen LogP contribution is -2.13. The molecule has 0 bridgehead atoms. The van der Waals surface area contributed by atoms with Gasteiger partial charge in [0, 0.05) is 5.69 Å². The molecular weight excluding hydrogens is 140 g/mol. The minimum atomic E-state index is -0.326. The highest BCUT2D eigenvalue weighted by molar-refractivity contribution is 5.06. The summed E-state index contributed by atoms with van der Waals surface area (Å²) in [4.78, 5) is 0. The van der Waals surface area contributed by atoms with Gasteiger partial charge in [0.25, 0.3) is 0 Å². The van der Waals surface area contributed by atoms with Crippen LogP contribution in [0.4, 0.5) is 0 Å². The van der Waals surface area contributed by atoms with Gasteiger partial charge in [0.15, 0.2) is 0 Å². The van der Waals surface area contributed by atoms with Crippen molar-refractivity contribution < 1.29 is 5.11 Å². The highest BCUT2D eigenvalue weighted by atomic mass is 16.3. The predicted octanol–water partition coefficient (Wildman–Crippen LogP) is 0.881. The van der Waals surface area contributed by atoms with Gasteiger partial charge >= 0.3 is 0 Å². The molecule has 3 heteroatoms. The van der Waals surface area contributed by atoms with Crippen molar-refractivity contribution in [1.82, 2.24) is 9.78 Å². The van der Waals surface area contributed by atoms with E-state index in [9.17, 15) is 0 Å². The molecule has 0 saturated heterocycles. The third-order valence-electron chi connectivity index (χ3n) is 1.54. The van der Waals surface area contributed by atoms with Crippen LogP contribution in [-0.4, -0.2) is 21.0 Å². The smallest absolute Gasteiger partial charge is 0.0708 e. The average molecular weight is 154 g/mol. The van der Waals surface area contributed by atoms with E-state index in [4.69, 9.17) is 5.11 Å². The maximum Gasteiger partial charge on any atom is 0.0708 e. The number of nitrogens with zero attached hydrogens (tertiary/aromatic N) is 2. The third-order valence-corrected chi connectivity index (χ3v) is 1.54. The second-order valence-corrected chi connectivity index (χ2v) is 2.96. The van der Waals surface area contributed by atoms with Gasteiger partial charge in [0.05, 0.1) is 18.3 Å². The molecule has 3 nitrogen and oxygen atoms in total. The molecule has 1 atom stereocenters. The molecule has 0 unspecified atom stereocenters. The number of aromatic nitrogens is 2. The van der Waals surface area contributed by atoms with Gasteiger partial charge in [-0.15, -0.1) is 0 Å². The molecule has 0 saturated carbocycles. The van der Waals surface area contributed by atoms with Crippen molar-refractivity contribution in [2.24, 2.45) is 0 Å². The van der Waals surface area contributed by atoms with Crippen LogP contribution in [0.25, 0.3) is 0 Å². The molecule has 0 aliphatic carbocycles. The highest BCUT2D eigenvalue weighted by Gasteiger charge is 2.02. The normalized spacial score (nSPS) is 13.5. The number of hydrogen-bond acceptors (Lipinski definition) is 2. The van der Waals surface area contributed by atoms with E-state index >= 15 is 0 Å². The topological polar surface area (TPSA) is 38.0 Å². The molecule has 1 N–H and O–H groups in total. The number of rotatable bonds is 2. The van der Waals surface area contributed by atoms with Crippen molar-refractivity contribution in [2.75, 3.05) is 0 Å². The van der Waals surface area contributed by atoms with Crippen LogP contribution in [0, 0.1) is 13.8 Å². The molecule has 0 aromatic carbocycles. The molecule has 0 radical (unpaired) electrons. The summed E-state index contributed by atoms with van der Waals surface area (Å²) in [5, 5.41) is 13.3. The van der Waals surface area contributed by atoms with Crippen LogP contribution >= 0.6 is 0 Å². The van der Waals surface area contributed by atoms with E-state index in [2.05, 4.69) is 5.10 Å². The van der Waals surface area contributed by atoms with Crippen LogP contribution in [0.2, 0.25) is 0 Å². The molecule has 62 valence electrons. The van der Waals surface area contributed by atoms with E-state index in [1.807, 2.05) is 24.6 Å². The minimum Gasteiger partial charge on any atom is -0.391 e. The summed E-state index contributed by atoms with van der Waals surface area (Å²) in [5.74, 6) is 0. The zero-order valence-corrected chi connectivity index (χ0v) is 7.20. The van der Waals surface area contributed by atoms with Crippen LogP contribution in [0.15, 0.2) is 6.07 Å². The van der Waals surface area contributed by atoms with Crippen molar-refractivity contribution in [3.05, 3.63) is 17.5 Å². The maximum atomic E-state index is 9.08. The summed E-state index contributed by atoms with van der Waals surface area (Å²) < 4.78 is 1.82. The second-order valence-electron chi connectivity index (χ2n) is 2.96. The Bertz CT molecular complexity index is 240. The van der Waals surface area contributed by atoms with Crippen molar-refractivity contribution in [1.29, 1.82) is 0 Å². The van der Waals surface area contributed by atoms with Crippen molar-refractivity contribution >= 4 is 0 Å². The first-order chi connectivity index (χ1) is 5.09. The van der Waals surface area contributed by atoms with Crippen molar-refractivity contribution in [2.45, 2.75) is 33.4 Å². The van der Waals surface area contributed by atoms with Crippen molar-refractivity contribution in [3.63, 3.8) is 0 Å². The molecule has 0 amide bonds. The molecule has 11 heavy (non-hydrogen) atoms. The third kappa shape index (κ3) is 2.05. The number of hydrogen-bond donors (Lipinski definition) is 1. The van der Waals surface area contributed by atoms with E-state index in [-0.39, 0.29) is 6.10 Å². The van der Waals surface area contributed by atoms with Crippen LogP contribution < -0.4 is 0 Å². The Morgan fingerprint density at radius 1 is 1.64 bits per heavy atom. The molecule has 1 heterocycles. The van der Waals surface area contributed by atoms with E-state index in [1.54, 1.807) is 6.92 Å². The molecule has 0 fully saturated rings. The number of aliphatic hydroxyl groups is 1. The quantitative estimate of drug-likeness (QED) is 0.686. The Labute approximate surface area is 66.7 Å². The summed E-state index contributed by atoms with van der Waals surface area (Å²) in [6.07, 6.45) is -0.326. The fourth-order valence-corrected chi connectivity index (χ4v) is 1.11. The fraction of sp³-hybridized carbons (Fsp3) is 0.625. The van der Waals surface area contributed by atoms with Crippen LogP contribution in [0.5, 0.6) is 0 Å². The summed E-state index contributed by atoms with van der Waals surface area (Å²) in [6.45, 7) is 6.28. The lowest BCUT2D eigenvalue weighted by Gasteiger charge is -2.05. The van der Waals surface area contributed by atoms with Gasteiger partial charge in [0.2, 0.25) is 0 Å². The van der Waals surface area contributed by atoms with E-state index in [1.165, 1.54) is 0 Å². The first kappa shape index (κ1) is 8.27. The maximum absolute atomic E-state index is 9.08.